The van der Waals surface area contributed by atoms with Gasteiger partial charge in [0, 0.05) is 24.4 Å². The van der Waals surface area contributed by atoms with Gasteiger partial charge >= 0.3 is 0 Å². The minimum absolute atomic E-state index is 0.0963. The molecule has 2 aliphatic carbocycles. The summed E-state index contributed by atoms with van der Waals surface area (Å²) in [5.74, 6) is 0.816. The maximum absolute atomic E-state index is 12.5. The van der Waals surface area contributed by atoms with E-state index >= 15 is 0 Å². The summed E-state index contributed by atoms with van der Waals surface area (Å²) in [7, 11) is 1.64. The molecule has 1 fully saturated rings. The molecule has 0 radical (unpaired) electrons. The highest BCUT2D eigenvalue weighted by molar-refractivity contribution is 5.88. The van der Waals surface area contributed by atoms with Crippen LogP contribution < -0.4 is 0 Å². The average molecular weight is 252 g/mol. The van der Waals surface area contributed by atoms with Crippen LogP contribution in [0.2, 0.25) is 0 Å². The molecule has 2 aliphatic rings. The van der Waals surface area contributed by atoms with Crippen molar-refractivity contribution in [3.05, 3.63) is 11.6 Å². The van der Waals surface area contributed by atoms with E-state index in [1.54, 1.807) is 7.11 Å². The second kappa shape index (κ2) is 5.14. The van der Waals surface area contributed by atoms with Crippen LogP contribution in [0.4, 0.5) is 0 Å². The van der Waals surface area contributed by atoms with Gasteiger partial charge in [-0.1, -0.05) is 25.5 Å². The predicted octanol–water partition coefficient (Wildman–Crippen LogP) is 2.95. The van der Waals surface area contributed by atoms with Crippen molar-refractivity contribution in [3.8, 4) is 0 Å². The van der Waals surface area contributed by atoms with Crippen LogP contribution in [0.3, 0.4) is 0 Å². The topological polar surface area (TPSA) is 35.5 Å². The van der Waals surface area contributed by atoms with Gasteiger partial charge in [-0.05, 0) is 26.2 Å². The van der Waals surface area contributed by atoms with Crippen LogP contribution in [0.25, 0.3) is 0 Å². The summed E-state index contributed by atoms with van der Waals surface area (Å²) < 4.78 is 10.8. The number of allylic oxidation sites excluding steroid dienone is 2. The first kappa shape index (κ1) is 13.8. The van der Waals surface area contributed by atoms with E-state index < -0.39 is 0 Å². The van der Waals surface area contributed by atoms with Crippen LogP contribution in [0, 0.1) is 17.3 Å². The summed E-state index contributed by atoms with van der Waals surface area (Å²) in [4.78, 5) is 12.5. The molecule has 0 spiro atoms. The number of rotatable bonds is 3. The average Bonchev–Trinajstić information content (AvgIpc) is 2.32. The van der Waals surface area contributed by atoms with E-state index in [9.17, 15) is 4.79 Å². The number of ketones is 1. The van der Waals surface area contributed by atoms with Gasteiger partial charge in [-0.2, -0.15) is 0 Å². The number of methoxy groups -OCH3 is 1. The first-order valence-electron chi connectivity index (χ1n) is 6.79. The van der Waals surface area contributed by atoms with Gasteiger partial charge in [0.2, 0.25) is 0 Å². The Bertz CT molecular complexity index is 361. The van der Waals surface area contributed by atoms with Crippen molar-refractivity contribution >= 4 is 5.78 Å². The summed E-state index contributed by atoms with van der Waals surface area (Å²) >= 11 is 0. The van der Waals surface area contributed by atoms with E-state index in [4.69, 9.17) is 9.47 Å². The van der Waals surface area contributed by atoms with Crippen molar-refractivity contribution in [2.45, 2.75) is 46.1 Å². The molecule has 0 aromatic heterocycles. The third-order valence-electron chi connectivity index (χ3n) is 4.63. The molecule has 0 N–H and O–H groups in total. The summed E-state index contributed by atoms with van der Waals surface area (Å²) in [5, 5.41) is 0. The number of hydrogen-bond donors (Lipinski definition) is 0. The lowest BCUT2D eigenvalue weighted by Crippen LogP contribution is -2.52. The lowest BCUT2D eigenvalue weighted by molar-refractivity contribution is -0.162. The fourth-order valence-electron chi connectivity index (χ4n) is 3.72. The summed E-state index contributed by atoms with van der Waals surface area (Å²) in [6.07, 6.45) is 5.07. The van der Waals surface area contributed by atoms with E-state index in [0.717, 1.165) is 19.3 Å². The molecule has 0 aromatic rings. The monoisotopic (exact) mass is 252 g/mol. The second-order valence-corrected chi connectivity index (χ2v) is 6.10. The number of ether oxygens (including phenoxy) is 2. The molecule has 0 saturated heterocycles. The van der Waals surface area contributed by atoms with E-state index in [0.29, 0.717) is 18.5 Å². The van der Waals surface area contributed by atoms with Crippen LogP contribution >= 0.6 is 0 Å². The quantitative estimate of drug-likeness (QED) is 0.572. The van der Waals surface area contributed by atoms with Crippen molar-refractivity contribution in [1.82, 2.24) is 0 Å². The Hall–Kier alpha value is -0.670. The van der Waals surface area contributed by atoms with Gasteiger partial charge in [0.25, 0.3) is 0 Å². The van der Waals surface area contributed by atoms with Crippen LogP contribution in [-0.4, -0.2) is 25.8 Å². The highest BCUT2D eigenvalue weighted by atomic mass is 16.7. The Morgan fingerprint density at radius 1 is 1.50 bits per heavy atom. The molecule has 0 bridgehead atoms. The van der Waals surface area contributed by atoms with Crippen LogP contribution in [-0.2, 0) is 14.3 Å². The SMILES string of the molecule is COCO[C@H]1C[C@H](C)C(=O)[C@]2(C)CC(C)=CC[C@@H]12. The first-order chi connectivity index (χ1) is 8.49. The fraction of sp³-hybridized carbons (Fsp3) is 0.800. The first-order valence-corrected chi connectivity index (χ1v) is 6.79. The van der Waals surface area contributed by atoms with Crippen LogP contribution in [0.15, 0.2) is 11.6 Å². The smallest absolute Gasteiger partial charge is 0.146 e. The van der Waals surface area contributed by atoms with Crippen LogP contribution in [0.1, 0.15) is 40.0 Å². The van der Waals surface area contributed by atoms with Gasteiger partial charge in [0.05, 0.1) is 6.10 Å². The Labute approximate surface area is 110 Å². The molecule has 1 saturated carbocycles. The Morgan fingerprint density at radius 3 is 2.89 bits per heavy atom. The maximum Gasteiger partial charge on any atom is 0.146 e. The summed E-state index contributed by atoms with van der Waals surface area (Å²) in [6, 6.07) is 0. The number of hydrogen-bond acceptors (Lipinski definition) is 3. The molecule has 0 amide bonds. The van der Waals surface area contributed by atoms with Crippen molar-refractivity contribution in [3.63, 3.8) is 0 Å². The molecule has 102 valence electrons. The zero-order chi connectivity index (χ0) is 13.3. The Kier molecular flexibility index (Phi) is 3.93. The van der Waals surface area contributed by atoms with Gasteiger partial charge in [-0.15, -0.1) is 0 Å². The summed E-state index contributed by atoms with van der Waals surface area (Å²) in [6.45, 7) is 6.59. The Balaban J connectivity index is 2.24. The molecule has 18 heavy (non-hydrogen) atoms. The lowest BCUT2D eigenvalue weighted by atomic mass is 9.57. The van der Waals surface area contributed by atoms with Gasteiger partial charge in [-0.3, -0.25) is 4.79 Å². The molecule has 3 nitrogen and oxygen atoms in total. The largest absolute Gasteiger partial charge is 0.359 e. The second-order valence-electron chi connectivity index (χ2n) is 6.10. The molecule has 2 rings (SSSR count). The molecule has 0 heterocycles. The van der Waals surface area contributed by atoms with E-state index in [2.05, 4.69) is 19.9 Å². The van der Waals surface area contributed by atoms with Gasteiger partial charge in [0.1, 0.15) is 12.6 Å². The van der Waals surface area contributed by atoms with Gasteiger partial charge in [-0.25, -0.2) is 0 Å². The molecule has 0 aromatic carbocycles. The standard InChI is InChI=1S/C15H24O3/c1-10-5-6-12-13(18-9-17-4)7-11(2)14(16)15(12,3)8-10/h5,11-13H,6-9H2,1-4H3/t11-,12-,13-,15+/m0/s1. The minimum Gasteiger partial charge on any atom is -0.359 e. The van der Waals surface area contributed by atoms with Crippen molar-refractivity contribution in [2.24, 2.45) is 17.3 Å². The minimum atomic E-state index is -0.241. The van der Waals surface area contributed by atoms with Crippen molar-refractivity contribution in [2.75, 3.05) is 13.9 Å². The van der Waals surface area contributed by atoms with E-state index in [1.807, 2.05) is 6.92 Å². The van der Waals surface area contributed by atoms with Crippen molar-refractivity contribution in [1.29, 1.82) is 0 Å². The molecule has 0 unspecified atom stereocenters. The zero-order valence-electron chi connectivity index (χ0n) is 11.9. The molecular formula is C15H24O3. The normalized spacial score (nSPS) is 40.3. The van der Waals surface area contributed by atoms with Gasteiger partial charge < -0.3 is 9.47 Å². The number of carbonyl (C=O) groups is 1. The molecular weight excluding hydrogens is 228 g/mol. The van der Waals surface area contributed by atoms with E-state index in [1.165, 1.54) is 5.57 Å². The number of fused-ring (bicyclic) bond motifs is 1. The zero-order valence-corrected chi connectivity index (χ0v) is 11.9. The van der Waals surface area contributed by atoms with E-state index in [-0.39, 0.29) is 17.4 Å². The van der Waals surface area contributed by atoms with Crippen molar-refractivity contribution < 1.29 is 14.3 Å². The maximum atomic E-state index is 12.5. The highest BCUT2D eigenvalue weighted by Gasteiger charge is 2.51. The van der Waals surface area contributed by atoms with Gasteiger partial charge in [0.15, 0.2) is 0 Å². The van der Waals surface area contributed by atoms with Crippen LogP contribution in [0.5, 0.6) is 0 Å². The third-order valence-corrected chi connectivity index (χ3v) is 4.63. The lowest BCUT2D eigenvalue weighted by Gasteiger charge is -2.48. The number of carbonyl (C=O) groups excluding carboxylic acids is 1. The fourth-order valence-corrected chi connectivity index (χ4v) is 3.72. The highest BCUT2D eigenvalue weighted by Crippen LogP contribution is 2.50. The Morgan fingerprint density at radius 2 is 2.22 bits per heavy atom. The molecule has 0 aliphatic heterocycles. The molecule has 3 heteroatoms. The third kappa shape index (κ3) is 2.26. The number of Topliss-reactive ketones (excluding diaryl/α,β-unsaturated/α-hetero) is 1. The summed E-state index contributed by atoms with van der Waals surface area (Å²) in [5.41, 5.74) is 1.09. The molecule has 4 atom stereocenters. The predicted molar refractivity (Wildman–Crippen MR) is 70.1 cm³/mol.